The number of hydrogen-bond donors (Lipinski definition) is 0. The maximum absolute atomic E-state index is 11.5. The average Bonchev–Trinajstić information content (AvgIpc) is 2.98. The van der Waals surface area contributed by atoms with E-state index in [0.29, 0.717) is 18.3 Å². The number of aromatic nitrogens is 3. The molecule has 0 aliphatic heterocycles. The highest BCUT2D eigenvalue weighted by molar-refractivity contribution is 7.99. The summed E-state index contributed by atoms with van der Waals surface area (Å²) >= 11 is 1.33. The molecule has 0 N–H and O–H groups in total. The van der Waals surface area contributed by atoms with E-state index in [0.717, 1.165) is 17.1 Å². The van der Waals surface area contributed by atoms with Crippen molar-refractivity contribution >= 4 is 17.7 Å². The largest absolute Gasteiger partial charge is 0.482 e. The van der Waals surface area contributed by atoms with Gasteiger partial charge in [0.1, 0.15) is 5.75 Å². The van der Waals surface area contributed by atoms with Crippen LogP contribution in [-0.4, -0.2) is 33.1 Å². The van der Waals surface area contributed by atoms with E-state index in [1.54, 1.807) is 6.92 Å². The molecule has 0 bridgehead atoms. The smallest absolute Gasteiger partial charge is 0.316 e. The number of carbonyl (C=O) groups is 1. The van der Waals surface area contributed by atoms with Crippen molar-refractivity contribution in [2.45, 2.75) is 52.4 Å². The predicted octanol–water partition coefficient (Wildman–Crippen LogP) is 3.71. The third kappa shape index (κ3) is 4.98. The lowest BCUT2D eigenvalue weighted by atomic mass is 10.1. The first-order chi connectivity index (χ1) is 12.0. The minimum atomic E-state index is -0.251. The number of rotatable bonds is 8. The van der Waals surface area contributed by atoms with Crippen LogP contribution in [-0.2, 0) is 16.1 Å². The highest BCUT2D eigenvalue weighted by Crippen LogP contribution is 2.27. The molecule has 2 rings (SSSR count). The Balaban J connectivity index is 2.11. The second-order valence-electron chi connectivity index (χ2n) is 5.71. The highest BCUT2D eigenvalue weighted by Gasteiger charge is 2.20. The molecule has 0 aliphatic carbocycles. The van der Waals surface area contributed by atoms with Gasteiger partial charge in [-0.25, -0.2) is 0 Å². The second kappa shape index (κ2) is 8.89. The maximum Gasteiger partial charge on any atom is 0.316 e. The van der Waals surface area contributed by atoms with Crippen LogP contribution >= 0.6 is 11.8 Å². The van der Waals surface area contributed by atoms with Crippen LogP contribution in [0.3, 0.4) is 0 Å². The lowest BCUT2D eigenvalue weighted by molar-refractivity contribution is -0.139. The zero-order chi connectivity index (χ0) is 18.4. The highest BCUT2D eigenvalue weighted by atomic mass is 32.2. The van der Waals surface area contributed by atoms with Crippen LogP contribution in [0.1, 0.15) is 43.8 Å². The Hall–Kier alpha value is -2.02. The van der Waals surface area contributed by atoms with Crippen molar-refractivity contribution in [1.82, 2.24) is 14.8 Å². The number of nitrogens with zero attached hydrogens (tertiary/aromatic N) is 3. The molecule has 25 heavy (non-hydrogen) atoms. The number of thioether (sulfide) groups is 1. The summed E-state index contributed by atoms with van der Waals surface area (Å²) in [5.74, 6) is 1.55. The topological polar surface area (TPSA) is 66.2 Å². The molecule has 1 aromatic heterocycles. The van der Waals surface area contributed by atoms with Gasteiger partial charge in [-0.2, -0.15) is 0 Å². The zero-order valence-electron chi connectivity index (χ0n) is 15.4. The van der Waals surface area contributed by atoms with Crippen molar-refractivity contribution in [3.63, 3.8) is 0 Å². The molecule has 136 valence electrons. The van der Waals surface area contributed by atoms with E-state index in [4.69, 9.17) is 9.47 Å². The van der Waals surface area contributed by atoms with Crippen LogP contribution in [0, 0.1) is 13.8 Å². The van der Waals surface area contributed by atoms with Gasteiger partial charge in [0.05, 0.1) is 12.4 Å². The van der Waals surface area contributed by atoms with Crippen LogP contribution in [0.15, 0.2) is 23.4 Å². The monoisotopic (exact) mass is 363 g/mol. The molecule has 1 atom stereocenters. The molecule has 1 heterocycles. The molecule has 1 unspecified atom stereocenters. The van der Waals surface area contributed by atoms with Gasteiger partial charge in [-0.05, 0) is 46.2 Å². The summed E-state index contributed by atoms with van der Waals surface area (Å²) in [4.78, 5) is 11.5. The van der Waals surface area contributed by atoms with E-state index in [-0.39, 0.29) is 17.8 Å². The Kier molecular flexibility index (Phi) is 6.87. The molecular formula is C18H25N3O3S. The number of ether oxygens (including phenoxy) is 2. The minimum absolute atomic E-state index is 0.221. The summed E-state index contributed by atoms with van der Waals surface area (Å²) < 4.78 is 13.0. The van der Waals surface area contributed by atoms with Crippen LogP contribution in [0.5, 0.6) is 5.75 Å². The van der Waals surface area contributed by atoms with Crippen molar-refractivity contribution in [3.8, 4) is 5.75 Å². The number of benzene rings is 1. The van der Waals surface area contributed by atoms with Gasteiger partial charge < -0.3 is 14.0 Å². The molecular weight excluding hydrogens is 338 g/mol. The van der Waals surface area contributed by atoms with E-state index >= 15 is 0 Å². The van der Waals surface area contributed by atoms with Gasteiger partial charge in [0.2, 0.25) is 0 Å². The van der Waals surface area contributed by atoms with Crippen molar-refractivity contribution in [1.29, 1.82) is 0 Å². The van der Waals surface area contributed by atoms with Crippen LogP contribution in [0.4, 0.5) is 0 Å². The van der Waals surface area contributed by atoms with E-state index < -0.39 is 0 Å². The maximum atomic E-state index is 11.5. The summed E-state index contributed by atoms with van der Waals surface area (Å²) in [6, 6.07) is 6.09. The summed E-state index contributed by atoms with van der Waals surface area (Å²) in [6.45, 7) is 10.9. The van der Waals surface area contributed by atoms with E-state index in [2.05, 4.69) is 23.2 Å². The summed E-state index contributed by atoms with van der Waals surface area (Å²) in [7, 11) is 0. The minimum Gasteiger partial charge on any atom is -0.482 e. The Morgan fingerprint density at radius 3 is 2.68 bits per heavy atom. The van der Waals surface area contributed by atoms with Gasteiger partial charge in [0.25, 0.3) is 0 Å². The van der Waals surface area contributed by atoms with Gasteiger partial charge in [-0.1, -0.05) is 29.5 Å². The fraction of sp³-hybridized carbons (Fsp3) is 0.500. The fourth-order valence-electron chi connectivity index (χ4n) is 2.51. The van der Waals surface area contributed by atoms with Crippen LogP contribution in [0.2, 0.25) is 0 Å². The SMILES string of the molecule is CCOC(=O)CSc1nnc(C(C)Oc2ccc(C)cc2C)n1CC. The summed E-state index contributed by atoms with van der Waals surface area (Å²) in [6.07, 6.45) is -0.245. The molecule has 0 radical (unpaired) electrons. The van der Waals surface area contributed by atoms with Gasteiger partial charge >= 0.3 is 5.97 Å². The van der Waals surface area contributed by atoms with Crippen molar-refractivity contribution < 1.29 is 14.3 Å². The van der Waals surface area contributed by atoms with Gasteiger partial charge in [-0.3, -0.25) is 4.79 Å². The number of carbonyl (C=O) groups excluding carboxylic acids is 1. The Bertz CT molecular complexity index is 730. The quantitative estimate of drug-likeness (QED) is 0.526. The lowest BCUT2D eigenvalue weighted by Crippen LogP contribution is -2.13. The number of hydrogen-bond acceptors (Lipinski definition) is 6. The molecule has 0 aliphatic rings. The molecule has 0 saturated heterocycles. The third-order valence-electron chi connectivity index (χ3n) is 3.68. The first-order valence-electron chi connectivity index (χ1n) is 8.41. The number of esters is 1. The first kappa shape index (κ1) is 19.3. The van der Waals surface area contributed by atoms with E-state index in [1.807, 2.05) is 37.5 Å². The molecule has 7 heteroatoms. The second-order valence-corrected chi connectivity index (χ2v) is 6.65. The van der Waals surface area contributed by atoms with Gasteiger partial charge in [-0.15, -0.1) is 10.2 Å². The van der Waals surface area contributed by atoms with Crippen LogP contribution < -0.4 is 4.74 Å². The Labute approximate surface area is 152 Å². The predicted molar refractivity (Wildman–Crippen MR) is 98.0 cm³/mol. The lowest BCUT2D eigenvalue weighted by Gasteiger charge is -2.17. The third-order valence-corrected chi connectivity index (χ3v) is 4.62. The Morgan fingerprint density at radius 2 is 2.04 bits per heavy atom. The summed E-state index contributed by atoms with van der Waals surface area (Å²) in [5, 5.41) is 9.17. The van der Waals surface area contributed by atoms with E-state index in [1.165, 1.54) is 17.3 Å². The average molecular weight is 363 g/mol. The first-order valence-corrected chi connectivity index (χ1v) is 9.40. The fourth-order valence-corrected chi connectivity index (χ4v) is 3.31. The Morgan fingerprint density at radius 1 is 1.28 bits per heavy atom. The van der Waals surface area contributed by atoms with Gasteiger partial charge in [0.15, 0.2) is 17.1 Å². The molecule has 1 aromatic carbocycles. The standard InChI is InChI=1S/C18H25N3O3S/c1-6-21-17(19-20-18(21)25-11-16(22)23-7-2)14(5)24-15-9-8-12(3)10-13(15)4/h8-10,14H,6-7,11H2,1-5H3. The van der Waals surface area contributed by atoms with E-state index in [9.17, 15) is 4.79 Å². The molecule has 0 fully saturated rings. The van der Waals surface area contributed by atoms with Crippen molar-refractivity contribution in [2.75, 3.05) is 12.4 Å². The molecule has 0 spiro atoms. The molecule has 0 amide bonds. The van der Waals surface area contributed by atoms with Crippen molar-refractivity contribution in [3.05, 3.63) is 35.2 Å². The summed E-state index contributed by atoms with van der Waals surface area (Å²) in [5.41, 5.74) is 2.29. The molecule has 0 saturated carbocycles. The van der Waals surface area contributed by atoms with Crippen molar-refractivity contribution in [2.24, 2.45) is 0 Å². The molecule has 2 aromatic rings. The van der Waals surface area contributed by atoms with Gasteiger partial charge in [0, 0.05) is 6.54 Å². The van der Waals surface area contributed by atoms with Crippen LogP contribution in [0.25, 0.3) is 0 Å². The normalized spacial score (nSPS) is 12.0. The number of aryl methyl sites for hydroxylation is 2. The zero-order valence-corrected chi connectivity index (χ0v) is 16.2. The molecule has 6 nitrogen and oxygen atoms in total.